The third kappa shape index (κ3) is 2.67. The zero-order chi connectivity index (χ0) is 11.4. The molecule has 1 fully saturated rings. The predicted octanol–water partition coefficient (Wildman–Crippen LogP) is 2.13. The summed E-state index contributed by atoms with van der Waals surface area (Å²) < 4.78 is 11.1. The van der Waals surface area contributed by atoms with Gasteiger partial charge in [0.25, 0.3) is 0 Å². The Morgan fingerprint density at radius 2 is 2.25 bits per heavy atom. The largest absolute Gasteiger partial charge is 0.493 e. The van der Waals surface area contributed by atoms with Crippen LogP contribution < -0.4 is 14.8 Å². The van der Waals surface area contributed by atoms with E-state index in [1.807, 2.05) is 25.1 Å². The molecule has 88 valence electrons. The van der Waals surface area contributed by atoms with E-state index in [1.165, 1.54) is 18.4 Å². The van der Waals surface area contributed by atoms with E-state index < -0.39 is 0 Å². The number of hydrogen-bond acceptors (Lipinski definition) is 3. The first kappa shape index (κ1) is 11.3. The summed E-state index contributed by atoms with van der Waals surface area (Å²) in [5, 5.41) is 3.41. The summed E-state index contributed by atoms with van der Waals surface area (Å²) in [5.41, 5.74) is 1.18. The van der Waals surface area contributed by atoms with Gasteiger partial charge in [0, 0.05) is 6.04 Å². The van der Waals surface area contributed by atoms with Crippen LogP contribution >= 0.6 is 0 Å². The highest BCUT2D eigenvalue weighted by atomic mass is 16.5. The maximum atomic E-state index is 5.78. The van der Waals surface area contributed by atoms with Crippen LogP contribution in [0.2, 0.25) is 0 Å². The molecular formula is C13H19NO2. The molecule has 1 aromatic rings. The molecule has 1 heterocycles. The molecule has 0 bridgehead atoms. The molecule has 1 aromatic carbocycles. The third-order valence-electron chi connectivity index (χ3n) is 2.92. The molecule has 0 amide bonds. The Hall–Kier alpha value is -1.22. The highest BCUT2D eigenvalue weighted by Gasteiger charge is 2.15. The van der Waals surface area contributed by atoms with Crippen LogP contribution in [0.15, 0.2) is 18.2 Å². The lowest BCUT2D eigenvalue weighted by Gasteiger charge is -2.14. The van der Waals surface area contributed by atoms with E-state index in [0.717, 1.165) is 24.7 Å². The van der Waals surface area contributed by atoms with E-state index in [4.69, 9.17) is 9.47 Å². The van der Waals surface area contributed by atoms with Crippen molar-refractivity contribution in [3.8, 4) is 11.5 Å². The summed E-state index contributed by atoms with van der Waals surface area (Å²) in [6, 6.07) is 6.51. The van der Waals surface area contributed by atoms with Crippen LogP contribution in [0.1, 0.15) is 18.4 Å². The van der Waals surface area contributed by atoms with Crippen LogP contribution in [0.4, 0.5) is 0 Å². The van der Waals surface area contributed by atoms with Gasteiger partial charge in [-0.2, -0.15) is 0 Å². The molecule has 1 N–H and O–H groups in total. The summed E-state index contributed by atoms with van der Waals surface area (Å²) in [4.78, 5) is 0. The fourth-order valence-electron chi connectivity index (χ4n) is 1.98. The first-order valence-electron chi connectivity index (χ1n) is 5.80. The van der Waals surface area contributed by atoms with E-state index in [0.29, 0.717) is 6.04 Å². The van der Waals surface area contributed by atoms with Crippen molar-refractivity contribution in [3.05, 3.63) is 23.8 Å². The molecule has 0 aromatic heterocycles. The number of hydrogen-bond donors (Lipinski definition) is 1. The average molecular weight is 221 g/mol. The van der Waals surface area contributed by atoms with Gasteiger partial charge in [-0.3, -0.25) is 0 Å². The van der Waals surface area contributed by atoms with E-state index in [2.05, 4.69) is 5.32 Å². The maximum Gasteiger partial charge on any atom is 0.161 e. The third-order valence-corrected chi connectivity index (χ3v) is 2.92. The number of methoxy groups -OCH3 is 1. The molecular weight excluding hydrogens is 202 g/mol. The zero-order valence-corrected chi connectivity index (χ0v) is 9.95. The second kappa shape index (κ2) is 5.21. The van der Waals surface area contributed by atoms with E-state index >= 15 is 0 Å². The summed E-state index contributed by atoms with van der Waals surface area (Å²) >= 11 is 0. The van der Waals surface area contributed by atoms with Crippen molar-refractivity contribution in [1.29, 1.82) is 0 Å². The molecule has 0 radical (unpaired) electrons. The van der Waals surface area contributed by atoms with Gasteiger partial charge in [0.15, 0.2) is 11.5 Å². The molecule has 1 aliphatic rings. The number of aryl methyl sites for hydroxylation is 1. The standard InChI is InChI=1S/C13H19NO2/c1-10-5-6-12(13(8-10)15-2)16-9-11-4-3-7-14-11/h5-6,8,11,14H,3-4,7,9H2,1-2H3/t11-/m1/s1. The Kier molecular flexibility index (Phi) is 3.67. The van der Waals surface area contributed by atoms with Crippen molar-refractivity contribution in [3.63, 3.8) is 0 Å². The minimum absolute atomic E-state index is 0.492. The minimum Gasteiger partial charge on any atom is -0.493 e. The van der Waals surface area contributed by atoms with E-state index in [9.17, 15) is 0 Å². The fourth-order valence-corrected chi connectivity index (χ4v) is 1.98. The van der Waals surface area contributed by atoms with Crippen LogP contribution in [-0.2, 0) is 0 Å². The number of rotatable bonds is 4. The van der Waals surface area contributed by atoms with Gasteiger partial charge in [-0.1, -0.05) is 6.07 Å². The molecule has 3 nitrogen and oxygen atoms in total. The Morgan fingerprint density at radius 1 is 1.38 bits per heavy atom. The molecule has 0 unspecified atom stereocenters. The molecule has 0 spiro atoms. The SMILES string of the molecule is COc1cc(C)ccc1OC[C@H]1CCCN1. The Labute approximate surface area is 96.8 Å². The number of ether oxygens (including phenoxy) is 2. The summed E-state index contributed by atoms with van der Waals surface area (Å²) in [5.74, 6) is 1.65. The lowest BCUT2D eigenvalue weighted by molar-refractivity contribution is 0.262. The van der Waals surface area contributed by atoms with Crippen molar-refractivity contribution in [2.24, 2.45) is 0 Å². The van der Waals surface area contributed by atoms with Gasteiger partial charge >= 0.3 is 0 Å². The van der Waals surface area contributed by atoms with Gasteiger partial charge in [0.2, 0.25) is 0 Å². The molecule has 1 atom stereocenters. The summed E-state index contributed by atoms with van der Waals surface area (Å²) in [7, 11) is 1.68. The van der Waals surface area contributed by atoms with Gasteiger partial charge in [-0.15, -0.1) is 0 Å². The second-order valence-electron chi connectivity index (χ2n) is 4.26. The number of benzene rings is 1. The van der Waals surface area contributed by atoms with E-state index in [1.54, 1.807) is 7.11 Å². The summed E-state index contributed by atoms with van der Waals surface area (Å²) in [6.07, 6.45) is 2.45. The monoisotopic (exact) mass is 221 g/mol. The van der Waals surface area contributed by atoms with Crippen molar-refractivity contribution >= 4 is 0 Å². The summed E-state index contributed by atoms with van der Waals surface area (Å²) in [6.45, 7) is 3.88. The Bertz CT molecular complexity index is 346. The lowest BCUT2D eigenvalue weighted by atomic mass is 10.2. The minimum atomic E-state index is 0.492. The first-order valence-corrected chi connectivity index (χ1v) is 5.80. The van der Waals surface area contributed by atoms with Crippen molar-refractivity contribution in [1.82, 2.24) is 5.32 Å². The smallest absolute Gasteiger partial charge is 0.161 e. The highest BCUT2D eigenvalue weighted by molar-refractivity contribution is 5.42. The van der Waals surface area contributed by atoms with Gasteiger partial charge in [0.1, 0.15) is 6.61 Å². The molecule has 2 rings (SSSR count). The van der Waals surface area contributed by atoms with Crippen molar-refractivity contribution < 1.29 is 9.47 Å². The molecule has 0 aliphatic carbocycles. The maximum absolute atomic E-state index is 5.78. The fraction of sp³-hybridized carbons (Fsp3) is 0.538. The Balaban J connectivity index is 1.97. The molecule has 1 saturated heterocycles. The van der Waals surface area contributed by atoms with Gasteiger partial charge in [-0.25, -0.2) is 0 Å². The van der Waals surface area contributed by atoms with Crippen LogP contribution in [0.3, 0.4) is 0 Å². The molecule has 3 heteroatoms. The van der Waals surface area contributed by atoms with Crippen LogP contribution in [0, 0.1) is 6.92 Å². The van der Waals surface area contributed by atoms with Gasteiger partial charge in [-0.05, 0) is 44.0 Å². The topological polar surface area (TPSA) is 30.5 Å². The van der Waals surface area contributed by atoms with Crippen molar-refractivity contribution in [2.75, 3.05) is 20.3 Å². The normalized spacial score (nSPS) is 19.8. The predicted molar refractivity (Wildman–Crippen MR) is 64.3 cm³/mol. The van der Waals surface area contributed by atoms with Gasteiger partial charge < -0.3 is 14.8 Å². The second-order valence-corrected chi connectivity index (χ2v) is 4.26. The molecule has 1 aliphatic heterocycles. The Morgan fingerprint density at radius 3 is 2.94 bits per heavy atom. The van der Waals surface area contributed by atoms with Crippen LogP contribution in [0.5, 0.6) is 11.5 Å². The highest BCUT2D eigenvalue weighted by Crippen LogP contribution is 2.28. The number of nitrogens with one attached hydrogen (secondary N) is 1. The van der Waals surface area contributed by atoms with Crippen LogP contribution in [-0.4, -0.2) is 26.3 Å². The average Bonchev–Trinajstić information content (AvgIpc) is 2.80. The quantitative estimate of drug-likeness (QED) is 0.845. The lowest BCUT2D eigenvalue weighted by Crippen LogP contribution is -2.28. The van der Waals surface area contributed by atoms with Crippen molar-refractivity contribution in [2.45, 2.75) is 25.8 Å². The van der Waals surface area contributed by atoms with E-state index in [-0.39, 0.29) is 0 Å². The molecule has 0 saturated carbocycles. The first-order chi connectivity index (χ1) is 7.79. The van der Waals surface area contributed by atoms with Gasteiger partial charge in [0.05, 0.1) is 7.11 Å². The zero-order valence-electron chi connectivity index (χ0n) is 9.95. The molecule has 16 heavy (non-hydrogen) atoms. The van der Waals surface area contributed by atoms with Crippen LogP contribution in [0.25, 0.3) is 0 Å².